The Kier molecular flexibility index (Phi) is 5.04. The third-order valence-corrected chi connectivity index (χ3v) is 4.46. The Hall–Kier alpha value is -3.80. The third-order valence-electron chi connectivity index (χ3n) is 4.46. The number of rotatable bonds is 5. The molecule has 0 spiro atoms. The van der Waals surface area contributed by atoms with E-state index < -0.39 is 17.2 Å². The second-order valence-electron chi connectivity index (χ2n) is 6.29. The largest absolute Gasteiger partial charge is 0.508 e. The number of hydrogen-bond acceptors (Lipinski definition) is 6. The van der Waals surface area contributed by atoms with Gasteiger partial charge in [0, 0.05) is 6.07 Å². The first-order chi connectivity index (χ1) is 13.3. The molecule has 0 fully saturated rings. The molecule has 28 heavy (non-hydrogen) atoms. The number of phenols is 3. The maximum Gasteiger partial charge on any atom is 0.334 e. The number of ether oxygens (including phenoxy) is 1. The lowest BCUT2D eigenvalue weighted by atomic mass is 9.71. The highest BCUT2D eigenvalue weighted by molar-refractivity contribution is 6.13. The standard InChI is InChI=1S/C22H18O6/c1-14(23)22(15-5-9-17(24)10-6-15,16-7-11-18(25)12-8-16)21(27)28-20-4-2-3-19(26)13-20/h2-13,24-26H,1H3. The van der Waals surface area contributed by atoms with E-state index in [1.165, 1.54) is 79.7 Å². The molecule has 3 aromatic rings. The van der Waals surface area contributed by atoms with Gasteiger partial charge in [-0.25, -0.2) is 4.79 Å². The number of Topliss-reactive ketones (excluding diaryl/α,β-unsaturated/α-hetero) is 1. The topological polar surface area (TPSA) is 104 Å². The van der Waals surface area contributed by atoms with Crippen LogP contribution in [0.2, 0.25) is 0 Å². The summed E-state index contributed by atoms with van der Waals surface area (Å²) in [5, 5.41) is 28.8. The first-order valence-electron chi connectivity index (χ1n) is 8.45. The molecule has 0 amide bonds. The van der Waals surface area contributed by atoms with Gasteiger partial charge in [0.1, 0.15) is 23.0 Å². The van der Waals surface area contributed by atoms with Crippen LogP contribution in [-0.4, -0.2) is 27.1 Å². The first-order valence-corrected chi connectivity index (χ1v) is 8.45. The van der Waals surface area contributed by atoms with Crippen molar-refractivity contribution in [3.05, 3.63) is 83.9 Å². The number of carbonyl (C=O) groups is 2. The summed E-state index contributed by atoms with van der Waals surface area (Å²) in [7, 11) is 0. The molecule has 3 rings (SSSR count). The summed E-state index contributed by atoms with van der Waals surface area (Å²) in [4.78, 5) is 26.2. The Balaban J connectivity index is 2.19. The zero-order valence-electron chi connectivity index (χ0n) is 15.0. The predicted octanol–water partition coefficient (Wildman–Crippen LogP) is 3.28. The van der Waals surface area contributed by atoms with Crippen LogP contribution in [0.3, 0.4) is 0 Å². The number of hydrogen-bond donors (Lipinski definition) is 3. The van der Waals surface area contributed by atoms with E-state index in [9.17, 15) is 24.9 Å². The molecule has 6 nitrogen and oxygen atoms in total. The fourth-order valence-electron chi connectivity index (χ4n) is 3.11. The van der Waals surface area contributed by atoms with Crippen LogP contribution in [0.4, 0.5) is 0 Å². The summed E-state index contributed by atoms with van der Waals surface area (Å²) < 4.78 is 5.45. The molecule has 0 radical (unpaired) electrons. The van der Waals surface area contributed by atoms with Gasteiger partial charge in [-0.05, 0) is 54.4 Å². The van der Waals surface area contributed by atoms with E-state index in [1.54, 1.807) is 0 Å². The Morgan fingerprint density at radius 1 is 0.750 bits per heavy atom. The van der Waals surface area contributed by atoms with Gasteiger partial charge in [0.05, 0.1) is 0 Å². The minimum absolute atomic E-state index is 0.0201. The van der Waals surface area contributed by atoms with Crippen LogP contribution in [-0.2, 0) is 15.0 Å². The van der Waals surface area contributed by atoms with Gasteiger partial charge in [-0.1, -0.05) is 30.3 Å². The fraction of sp³-hybridized carbons (Fsp3) is 0.0909. The van der Waals surface area contributed by atoms with Crippen LogP contribution < -0.4 is 4.74 Å². The molecule has 142 valence electrons. The minimum Gasteiger partial charge on any atom is -0.508 e. The summed E-state index contributed by atoms with van der Waals surface area (Å²) in [6.07, 6.45) is 0. The number of carbonyl (C=O) groups excluding carboxylic acids is 2. The monoisotopic (exact) mass is 378 g/mol. The first kappa shape index (κ1) is 19.0. The molecule has 0 unspecified atom stereocenters. The normalized spacial score (nSPS) is 11.0. The van der Waals surface area contributed by atoms with Crippen molar-refractivity contribution in [2.75, 3.05) is 0 Å². The lowest BCUT2D eigenvalue weighted by molar-refractivity contribution is -0.144. The van der Waals surface area contributed by atoms with E-state index in [4.69, 9.17) is 4.74 Å². The summed E-state index contributed by atoms with van der Waals surface area (Å²) in [6, 6.07) is 17.0. The third kappa shape index (κ3) is 3.40. The van der Waals surface area contributed by atoms with Crippen LogP contribution in [0, 0.1) is 0 Å². The van der Waals surface area contributed by atoms with E-state index in [1.807, 2.05) is 0 Å². The molecular formula is C22H18O6. The molecule has 3 N–H and O–H groups in total. The second-order valence-corrected chi connectivity index (χ2v) is 6.29. The predicted molar refractivity (Wildman–Crippen MR) is 101 cm³/mol. The van der Waals surface area contributed by atoms with Crippen molar-refractivity contribution in [3.63, 3.8) is 0 Å². The van der Waals surface area contributed by atoms with Gasteiger partial charge in [-0.15, -0.1) is 0 Å². The number of phenolic OH excluding ortho intramolecular Hbond substituents is 3. The van der Waals surface area contributed by atoms with Crippen molar-refractivity contribution in [1.29, 1.82) is 0 Å². The highest BCUT2D eigenvalue weighted by Gasteiger charge is 2.48. The van der Waals surface area contributed by atoms with E-state index in [0.29, 0.717) is 11.1 Å². The SMILES string of the molecule is CC(=O)C(C(=O)Oc1cccc(O)c1)(c1ccc(O)cc1)c1ccc(O)cc1. The number of esters is 1. The zero-order valence-corrected chi connectivity index (χ0v) is 15.0. The molecule has 0 saturated heterocycles. The van der Waals surface area contributed by atoms with E-state index >= 15 is 0 Å². The van der Waals surface area contributed by atoms with Crippen LogP contribution in [0.15, 0.2) is 72.8 Å². The minimum atomic E-state index is -1.83. The van der Waals surface area contributed by atoms with E-state index in [0.717, 1.165) is 0 Å². The molecule has 0 bridgehead atoms. The van der Waals surface area contributed by atoms with E-state index in [-0.39, 0.29) is 23.0 Å². The number of ketones is 1. The van der Waals surface area contributed by atoms with Gasteiger partial charge in [-0.2, -0.15) is 0 Å². The zero-order chi connectivity index (χ0) is 20.3. The van der Waals surface area contributed by atoms with Gasteiger partial charge in [-0.3, -0.25) is 4.79 Å². The lowest BCUT2D eigenvalue weighted by Crippen LogP contribution is -2.46. The molecule has 0 saturated carbocycles. The average molecular weight is 378 g/mol. The van der Waals surface area contributed by atoms with Gasteiger partial charge >= 0.3 is 5.97 Å². The summed E-state index contributed by atoms with van der Waals surface area (Å²) in [5.74, 6) is -1.43. The molecule has 3 aromatic carbocycles. The number of benzene rings is 3. The van der Waals surface area contributed by atoms with Crippen molar-refractivity contribution in [1.82, 2.24) is 0 Å². The Morgan fingerprint density at radius 2 is 1.25 bits per heavy atom. The Labute approximate surface area is 161 Å². The smallest absolute Gasteiger partial charge is 0.334 e. The van der Waals surface area contributed by atoms with Gasteiger partial charge in [0.15, 0.2) is 11.2 Å². The summed E-state index contributed by atoms with van der Waals surface area (Å²) >= 11 is 0. The average Bonchev–Trinajstić information content (AvgIpc) is 2.65. The maximum atomic E-state index is 13.3. The summed E-state index contributed by atoms with van der Waals surface area (Å²) in [5.41, 5.74) is -1.23. The molecule has 0 aliphatic rings. The van der Waals surface area contributed by atoms with Gasteiger partial charge in [0.2, 0.25) is 0 Å². The Morgan fingerprint density at radius 3 is 1.68 bits per heavy atom. The lowest BCUT2D eigenvalue weighted by Gasteiger charge is -2.30. The highest BCUT2D eigenvalue weighted by atomic mass is 16.5. The van der Waals surface area contributed by atoms with Crippen LogP contribution in [0.25, 0.3) is 0 Å². The van der Waals surface area contributed by atoms with Gasteiger partial charge < -0.3 is 20.1 Å². The molecule has 6 heteroatoms. The van der Waals surface area contributed by atoms with Crippen molar-refractivity contribution in [2.45, 2.75) is 12.3 Å². The van der Waals surface area contributed by atoms with E-state index in [2.05, 4.69) is 0 Å². The fourth-order valence-corrected chi connectivity index (χ4v) is 3.11. The maximum absolute atomic E-state index is 13.3. The molecule has 0 aromatic heterocycles. The number of aromatic hydroxyl groups is 3. The van der Waals surface area contributed by atoms with Crippen LogP contribution in [0.5, 0.6) is 23.0 Å². The van der Waals surface area contributed by atoms with Crippen LogP contribution in [0.1, 0.15) is 18.1 Å². The molecule has 0 atom stereocenters. The molecule has 0 aliphatic carbocycles. The van der Waals surface area contributed by atoms with Crippen molar-refractivity contribution < 1.29 is 29.6 Å². The van der Waals surface area contributed by atoms with Crippen LogP contribution >= 0.6 is 0 Å². The van der Waals surface area contributed by atoms with Crippen molar-refractivity contribution in [3.8, 4) is 23.0 Å². The Bertz CT molecular complexity index is 960. The highest BCUT2D eigenvalue weighted by Crippen LogP contribution is 2.37. The molecule has 0 heterocycles. The molecule has 0 aliphatic heterocycles. The second kappa shape index (κ2) is 7.44. The summed E-state index contributed by atoms with van der Waals surface area (Å²) in [6.45, 7) is 1.27. The van der Waals surface area contributed by atoms with Gasteiger partial charge in [0.25, 0.3) is 0 Å². The molecular weight excluding hydrogens is 360 g/mol. The van der Waals surface area contributed by atoms with Crippen molar-refractivity contribution in [2.24, 2.45) is 0 Å². The van der Waals surface area contributed by atoms with Crippen molar-refractivity contribution >= 4 is 11.8 Å². The quantitative estimate of drug-likeness (QED) is 0.358.